The summed E-state index contributed by atoms with van der Waals surface area (Å²) in [6, 6.07) is 1.21. The molecule has 0 unspecified atom stereocenters. The zero-order valence-corrected chi connectivity index (χ0v) is 10.4. The van der Waals surface area contributed by atoms with E-state index in [1.165, 1.54) is 5.56 Å². The topological polar surface area (TPSA) is 63.3 Å². The van der Waals surface area contributed by atoms with E-state index in [-0.39, 0.29) is 0 Å². The van der Waals surface area contributed by atoms with Crippen molar-refractivity contribution in [3.63, 3.8) is 0 Å². The highest BCUT2D eigenvalue weighted by Crippen LogP contribution is 2.31. The molecule has 1 aromatic heterocycles. The molecule has 3 N–H and O–H groups in total. The number of carboxylic acids is 1. The number of nitrogens with two attached hydrogens (primary N) is 1. The average Bonchev–Trinajstić information content (AvgIpc) is 2.66. The smallest absolute Gasteiger partial charge is 0.321 e. The van der Waals surface area contributed by atoms with E-state index in [2.05, 4.69) is 5.38 Å². The van der Waals surface area contributed by atoms with E-state index in [0.29, 0.717) is 0 Å². The summed E-state index contributed by atoms with van der Waals surface area (Å²) in [7, 11) is 0. The molecule has 0 aromatic carbocycles. The van der Waals surface area contributed by atoms with Gasteiger partial charge in [0.25, 0.3) is 0 Å². The Labute approximate surface area is 97.7 Å². The van der Waals surface area contributed by atoms with E-state index in [9.17, 15) is 4.79 Å². The van der Waals surface area contributed by atoms with Gasteiger partial charge in [0.15, 0.2) is 0 Å². The van der Waals surface area contributed by atoms with Gasteiger partial charge in [-0.3, -0.25) is 4.79 Å². The lowest BCUT2D eigenvalue weighted by Gasteiger charge is -2.27. The van der Waals surface area contributed by atoms with Crippen molar-refractivity contribution in [3.8, 4) is 0 Å². The van der Waals surface area contributed by atoms with Crippen LogP contribution in [0.4, 0.5) is 0 Å². The van der Waals surface area contributed by atoms with Crippen molar-refractivity contribution in [2.45, 2.75) is 30.4 Å². The fourth-order valence-electron chi connectivity index (χ4n) is 1.03. The van der Waals surface area contributed by atoms with Crippen LogP contribution in [0.15, 0.2) is 16.8 Å². The van der Waals surface area contributed by atoms with Crippen LogP contribution < -0.4 is 5.73 Å². The third-order valence-corrected chi connectivity index (χ3v) is 4.41. The van der Waals surface area contributed by atoms with E-state index in [0.717, 1.165) is 5.75 Å². The van der Waals surface area contributed by atoms with Crippen molar-refractivity contribution < 1.29 is 9.90 Å². The number of thioether (sulfide) groups is 1. The molecule has 84 valence electrons. The minimum Gasteiger partial charge on any atom is -0.480 e. The first-order valence-electron chi connectivity index (χ1n) is 4.57. The van der Waals surface area contributed by atoms with Gasteiger partial charge < -0.3 is 10.8 Å². The number of aliphatic carboxylic acids is 1. The summed E-state index contributed by atoms with van der Waals surface area (Å²) in [5.74, 6) is -0.143. The summed E-state index contributed by atoms with van der Waals surface area (Å²) in [5.41, 5.74) is 6.83. The van der Waals surface area contributed by atoms with Crippen LogP contribution in [0, 0.1) is 0 Å². The van der Waals surface area contributed by atoms with Gasteiger partial charge in [0.2, 0.25) is 0 Å². The van der Waals surface area contributed by atoms with Crippen molar-refractivity contribution in [1.82, 2.24) is 0 Å². The first kappa shape index (κ1) is 12.5. The van der Waals surface area contributed by atoms with Crippen LogP contribution in [0.3, 0.4) is 0 Å². The highest BCUT2D eigenvalue weighted by Gasteiger charge is 2.32. The quantitative estimate of drug-likeness (QED) is 0.834. The Hall–Kier alpha value is -0.520. The van der Waals surface area contributed by atoms with Gasteiger partial charge in [-0.05, 0) is 36.2 Å². The predicted molar refractivity (Wildman–Crippen MR) is 65.3 cm³/mol. The number of hydrogen-bond donors (Lipinski definition) is 2. The van der Waals surface area contributed by atoms with Crippen molar-refractivity contribution >= 4 is 29.1 Å². The van der Waals surface area contributed by atoms with E-state index in [4.69, 9.17) is 10.8 Å². The van der Waals surface area contributed by atoms with E-state index in [1.54, 1.807) is 23.1 Å². The van der Waals surface area contributed by atoms with Gasteiger partial charge in [0.1, 0.15) is 6.04 Å². The normalized spacial score (nSPS) is 13.8. The fourth-order valence-corrected chi connectivity index (χ4v) is 2.80. The highest BCUT2D eigenvalue weighted by molar-refractivity contribution is 7.99. The molecule has 0 spiro atoms. The minimum atomic E-state index is -0.946. The van der Waals surface area contributed by atoms with Gasteiger partial charge in [-0.25, -0.2) is 0 Å². The maximum atomic E-state index is 10.8. The molecular weight excluding hydrogens is 230 g/mol. The van der Waals surface area contributed by atoms with Crippen molar-refractivity contribution in [2.75, 3.05) is 0 Å². The molecular formula is C10H15NO2S2. The first-order chi connectivity index (χ1) is 6.93. The van der Waals surface area contributed by atoms with Gasteiger partial charge in [-0.15, -0.1) is 11.8 Å². The average molecular weight is 245 g/mol. The third kappa shape index (κ3) is 3.52. The van der Waals surface area contributed by atoms with Gasteiger partial charge in [0.05, 0.1) is 0 Å². The van der Waals surface area contributed by atoms with E-state index in [1.807, 2.05) is 25.3 Å². The summed E-state index contributed by atoms with van der Waals surface area (Å²) in [4.78, 5) is 10.8. The molecule has 5 heteroatoms. The van der Waals surface area contributed by atoms with Crippen LogP contribution in [0.2, 0.25) is 0 Å². The molecule has 1 rings (SSSR count). The summed E-state index contributed by atoms with van der Waals surface area (Å²) >= 11 is 3.22. The Morgan fingerprint density at radius 3 is 2.87 bits per heavy atom. The zero-order valence-electron chi connectivity index (χ0n) is 8.77. The van der Waals surface area contributed by atoms with E-state index >= 15 is 0 Å². The van der Waals surface area contributed by atoms with Crippen LogP contribution in [-0.2, 0) is 10.5 Å². The zero-order chi connectivity index (χ0) is 11.5. The number of thiophene rings is 1. The summed E-state index contributed by atoms with van der Waals surface area (Å²) < 4.78 is -0.451. The van der Waals surface area contributed by atoms with Crippen LogP contribution in [0.25, 0.3) is 0 Å². The number of rotatable bonds is 5. The molecule has 15 heavy (non-hydrogen) atoms. The third-order valence-electron chi connectivity index (χ3n) is 2.21. The number of hydrogen-bond acceptors (Lipinski definition) is 4. The lowest BCUT2D eigenvalue weighted by Crippen LogP contribution is -2.46. The molecule has 0 saturated heterocycles. The lowest BCUT2D eigenvalue weighted by atomic mass is 10.1. The molecule has 0 bridgehead atoms. The second kappa shape index (κ2) is 5.01. The van der Waals surface area contributed by atoms with Gasteiger partial charge in [-0.2, -0.15) is 11.3 Å². The maximum absolute atomic E-state index is 10.8. The predicted octanol–water partition coefficient (Wildman–Crippen LogP) is 2.17. The molecule has 1 atom stereocenters. The summed E-state index contributed by atoms with van der Waals surface area (Å²) in [6.45, 7) is 3.73. The standard InChI is InChI=1S/C10H15NO2S2/c1-10(2,8(11)9(12)13)15-6-7-3-4-14-5-7/h3-5,8H,6,11H2,1-2H3,(H,12,13)/t8-/m0/s1. The number of carbonyl (C=O) groups is 1. The molecule has 0 aliphatic heterocycles. The van der Waals surface area contributed by atoms with Crippen LogP contribution in [-0.4, -0.2) is 21.9 Å². The Morgan fingerprint density at radius 2 is 2.40 bits per heavy atom. The fraction of sp³-hybridized carbons (Fsp3) is 0.500. The Morgan fingerprint density at radius 1 is 1.73 bits per heavy atom. The minimum absolute atomic E-state index is 0.451. The van der Waals surface area contributed by atoms with Gasteiger partial charge in [0, 0.05) is 10.5 Å². The van der Waals surface area contributed by atoms with Crippen LogP contribution in [0.1, 0.15) is 19.4 Å². The van der Waals surface area contributed by atoms with Crippen molar-refractivity contribution in [3.05, 3.63) is 22.4 Å². The van der Waals surface area contributed by atoms with Gasteiger partial charge in [-0.1, -0.05) is 0 Å². The second-order valence-electron chi connectivity index (χ2n) is 3.84. The Kier molecular flexibility index (Phi) is 4.19. The van der Waals surface area contributed by atoms with Crippen molar-refractivity contribution in [2.24, 2.45) is 5.73 Å². The molecule has 0 aliphatic carbocycles. The molecule has 3 nitrogen and oxygen atoms in total. The first-order valence-corrected chi connectivity index (χ1v) is 6.50. The largest absolute Gasteiger partial charge is 0.480 e. The van der Waals surface area contributed by atoms with Gasteiger partial charge >= 0.3 is 5.97 Å². The lowest BCUT2D eigenvalue weighted by molar-refractivity contribution is -0.139. The molecule has 0 aliphatic rings. The van der Waals surface area contributed by atoms with Crippen LogP contribution >= 0.6 is 23.1 Å². The second-order valence-corrected chi connectivity index (χ2v) is 6.25. The molecule has 0 radical (unpaired) electrons. The maximum Gasteiger partial charge on any atom is 0.321 e. The Balaban J connectivity index is 2.53. The molecule has 1 aromatic rings. The molecule has 1 heterocycles. The van der Waals surface area contributed by atoms with E-state index < -0.39 is 16.8 Å². The molecule has 0 amide bonds. The molecule has 0 fully saturated rings. The highest BCUT2D eigenvalue weighted by atomic mass is 32.2. The molecule has 0 saturated carbocycles. The summed E-state index contributed by atoms with van der Waals surface area (Å²) in [6.07, 6.45) is 0. The SMILES string of the molecule is CC(C)(SCc1ccsc1)[C@@H](N)C(=O)O. The van der Waals surface area contributed by atoms with Crippen molar-refractivity contribution in [1.29, 1.82) is 0 Å². The monoisotopic (exact) mass is 245 g/mol. The Bertz CT molecular complexity index is 322. The number of carboxylic acid groups (broad SMARTS) is 1. The summed E-state index contributed by atoms with van der Waals surface area (Å²) in [5, 5.41) is 12.9. The van der Waals surface area contributed by atoms with Crippen LogP contribution in [0.5, 0.6) is 0 Å².